The lowest BCUT2D eigenvalue weighted by atomic mass is 10.1. The number of carbonyl (C=O) groups excluding carboxylic acids is 1. The third kappa shape index (κ3) is 3.60. The molecule has 3 heterocycles. The molecule has 1 saturated heterocycles. The number of nitrogens with zero attached hydrogens (tertiary/aromatic N) is 4. The third-order valence-corrected chi connectivity index (χ3v) is 6.24. The smallest absolute Gasteiger partial charge is 0.273 e. The summed E-state index contributed by atoms with van der Waals surface area (Å²) in [4.78, 5) is 27.9. The van der Waals surface area contributed by atoms with E-state index in [4.69, 9.17) is 11.6 Å². The molecule has 1 fully saturated rings. The minimum atomic E-state index is -0.0521. The van der Waals surface area contributed by atoms with Crippen LogP contribution in [0.4, 0.5) is 0 Å². The normalized spacial score (nSPS) is 17.3. The molecule has 26 heavy (non-hydrogen) atoms. The van der Waals surface area contributed by atoms with Crippen LogP contribution < -0.4 is 0 Å². The molecule has 0 bridgehead atoms. The molecule has 8 heteroatoms. The van der Waals surface area contributed by atoms with E-state index in [2.05, 4.69) is 15.0 Å². The summed E-state index contributed by atoms with van der Waals surface area (Å²) in [5.74, 6) is 2.28. The monoisotopic (exact) mass is 402 g/mol. The lowest BCUT2D eigenvalue weighted by Crippen LogP contribution is -2.40. The van der Waals surface area contributed by atoms with Crippen LogP contribution in [0.3, 0.4) is 0 Å². The second-order valence-corrected chi connectivity index (χ2v) is 8.20. The van der Waals surface area contributed by atoms with Crippen LogP contribution >= 0.6 is 34.7 Å². The van der Waals surface area contributed by atoms with Gasteiger partial charge < -0.3 is 4.90 Å². The quantitative estimate of drug-likeness (QED) is 0.657. The maximum absolute atomic E-state index is 13.1. The summed E-state index contributed by atoms with van der Waals surface area (Å²) in [6, 6.07) is 9.49. The first-order valence-corrected chi connectivity index (χ1v) is 10.5. The van der Waals surface area contributed by atoms with Gasteiger partial charge in [0.05, 0.1) is 6.04 Å². The molecule has 5 nitrogen and oxygen atoms in total. The van der Waals surface area contributed by atoms with Crippen molar-refractivity contribution < 1.29 is 4.79 Å². The Balaban J connectivity index is 1.59. The number of amides is 1. The standard InChI is InChI=1S/C18H15ClN4OS2/c19-13-4-2-12(3-5-13)15-11-25-9-8-23(15)18(24)14-10-26-17(22-14)16-20-6-1-7-21-16/h1-7,10,15H,8-9,11H2. The highest BCUT2D eigenvalue weighted by atomic mass is 35.5. The van der Waals surface area contributed by atoms with Crippen LogP contribution in [0.25, 0.3) is 10.8 Å². The highest BCUT2D eigenvalue weighted by molar-refractivity contribution is 7.99. The van der Waals surface area contributed by atoms with Gasteiger partial charge in [-0.2, -0.15) is 11.8 Å². The zero-order valence-corrected chi connectivity index (χ0v) is 16.1. The van der Waals surface area contributed by atoms with Gasteiger partial charge in [-0.05, 0) is 23.8 Å². The van der Waals surface area contributed by atoms with Crippen molar-refractivity contribution in [3.8, 4) is 10.8 Å². The first kappa shape index (κ1) is 17.5. The molecule has 1 aromatic carbocycles. The summed E-state index contributed by atoms with van der Waals surface area (Å²) in [7, 11) is 0. The van der Waals surface area contributed by atoms with E-state index >= 15 is 0 Å². The van der Waals surface area contributed by atoms with Gasteiger partial charge in [0.1, 0.15) is 5.69 Å². The second kappa shape index (κ2) is 7.73. The molecule has 0 spiro atoms. The van der Waals surface area contributed by atoms with Gasteiger partial charge in [0.25, 0.3) is 5.91 Å². The summed E-state index contributed by atoms with van der Waals surface area (Å²) in [6.45, 7) is 0.700. The van der Waals surface area contributed by atoms with Crippen molar-refractivity contribution in [2.45, 2.75) is 6.04 Å². The maximum Gasteiger partial charge on any atom is 0.273 e. The minimum Gasteiger partial charge on any atom is -0.329 e. The van der Waals surface area contributed by atoms with E-state index in [1.165, 1.54) is 11.3 Å². The molecular weight excluding hydrogens is 388 g/mol. The third-order valence-electron chi connectivity index (χ3n) is 4.12. The Morgan fingerprint density at radius 2 is 1.96 bits per heavy atom. The van der Waals surface area contributed by atoms with Gasteiger partial charge in [0.2, 0.25) is 0 Å². The topological polar surface area (TPSA) is 59.0 Å². The predicted molar refractivity (Wildman–Crippen MR) is 106 cm³/mol. The number of carbonyl (C=O) groups is 1. The van der Waals surface area contributed by atoms with E-state index in [1.807, 2.05) is 40.9 Å². The average molecular weight is 403 g/mol. The Morgan fingerprint density at radius 3 is 2.73 bits per heavy atom. The van der Waals surface area contributed by atoms with Crippen molar-refractivity contribution in [3.05, 3.63) is 64.4 Å². The predicted octanol–water partition coefficient (Wildman–Crippen LogP) is 4.18. The van der Waals surface area contributed by atoms with Crippen LogP contribution in [0.5, 0.6) is 0 Å². The average Bonchev–Trinajstić information content (AvgIpc) is 3.19. The Labute approximate surface area is 164 Å². The summed E-state index contributed by atoms with van der Waals surface area (Å²) < 4.78 is 0. The first-order valence-electron chi connectivity index (χ1n) is 8.09. The molecule has 3 aromatic rings. The molecule has 4 rings (SSSR count). The van der Waals surface area contributed by atoms with E-state index < -0.39 is 0 Å². The zero-order valence-electron chi connectivity index (χ0n) is 13.7. The first-order chi connectivity index (χ1) is 12.7. The largest absolute Gasteiger partial charge is 0.329 e. The Kier molecular flexibility index (Phi) is 5.19. The lowest BCUT2D eigenvalue weighted by molar-refractivity contribution is 0.0696. The van der Waals surface area contributed by atoms with Crippen molar-refractivity contribution in [1.82, 2.24) is 19.9 Å². The fourth-order valence-electron chi connectivity index (χ4n) is 2.84. The SMILES string of the molecule is O=C(c1csc(-c2ncccn2)n1)N1CCSCC1c1ccc(Cl)cc1. The molecule has 0 aliphatic carbocycles. The van der Waals surface area contributed by atoms with E-state index in [1.54, 1.807) is 23.8 Å². The van der Waals surface area contributed by atoms with Crippen molar-refractivity contribution >= 4 is 40.6 Å². The molecule has 1 aliphatic heterocycles. The van der Waals surface area contributed by atoms with Crippen molar-refractivity contribution in [1.29, 1.82) is 0 Å². The van der Waals surface area contributed by atoms with Crippen LogP contribution in [-0.4, -0.2) is 43.8 Å². The van der Waals surface area contributed by atoms with Crippen LogP contribution in [0, 0.1) is 0 Å². The molecule has 0 N–H and O–H groups in total. The lowest BCUT2D eigenvalue weighted by Gasteiger charge is -2.35. The van der Waals surface area contributed by atoms with Crippen molar-refractivity contribution in [3.63, 3.8) is 0 Å². The molecule has 1 aliphatic rings. The van der Waals surface area contributed by atoms with Crippen LogP contribution in [-0.2, 0) is 0 Å². The van der Waals surface area contributed by atoms with E-state index in [-0.39, 0.29) is 11.9 Å². The molecular formula is C18H15ClN4OS2. The summed E-state index contributed by atoms with van der Waals surface area (Å²) in [5, 5.41) is 3.14. The van der Waals surface area contributed by atoms with E-state index in [9.17, 15) is 4.79 Å². The number of thioether (sulfide) groups is 1. The maximum atomic E-state index is 13.1. The fraction of sp³-hybridized carbons (Fsp3) is 0.222. The number of benzene rings is 1. The van der Waals surface area contributed by atoms with Gasteiger partial charge in [-0.1, -0.05) is 23.7 Å². The zero-order chi connectivity index (χ0) is 17.9. The van der Waals surface area contributed by atoms with Crippen LogP contribution in [0.1, 0.15) is 22.1 Å². The van der Waals surface area contributed by atoms with Gasteiger partial charge in [-0.15, -0.1) is 11.3 Å². The highest BCUT2D eigenvalue weighted by Crippen LogP contribution is 2.32. The van der Waals surface area contributed by atoms with Crippen molar-refractivity contribution in [2.75, 3.05) is 18.1 Å². The van der Waals surface area contributed by atoms with E-state index in [0.717, 1.165) is 17.1 Å². The fourth-order valence-corrected chi connectivity index (χ4v) is 4.79. The van der Waals surface area contributed by atoms with Gasteiger partial charge in [0.15, 0.2) is 10.8 Å². The minimum absolute atomic E-state index is 0.0247. The van der Waals surface area contributed by atoms with Gasteiger partial charge in [0, 0.05) is 40.8 Å². The summed E-state index contributed by atoms with van der Waals surface area (Å²) in [5.41, 5.74) is 1.54. The number of thiazole rings is 1. The molecule has 1 amide bonds. The number of hydrogen-bond acceptors (Lipinski definition) is 6. The molecule has 132 valence electrons. The molecule has 1 unspecified atom stereocenters. The Morgan fingerprint density at radius 1 is 1.19 bits per heavy atom. The highest BCUT2D eigenvalue weighted by Gasteiger charge is 2.30. The van der Waals surface area contributed by atoms with Crippen molar-refractivity contribution in [2.24, 2.45) is 0 Å². The number of aromatic nitrogens is 3. The number of hydrogen-bond donors (Lipinski definition) is 0. The number of halogens is 1. The molecule has 0 radical (unpaired) electrons. The van der Waals surface area contributed by atoms with Crippen LogP contribution in [0.15, 0.2) is 48.1 Å². The Bertz CT molecular complexity index is 901. The van der Waals surface area contributed by atoms with Gasteiger partial charge in [-0.3, -0.25) is 4.79 Å². The van der Waals surface area contributed by atoms with Gasteiger partial charge >= 0.3 is 0 Å². The molecule has 1 atom stereocenters. The van der Waals surface area contributed by atoms with E-state index in [0.29, 0.717) is 28.1 Å². The molecule has 2 aromatic heterocycles. The second-order valence-electron chi connectivity index (χ2n) is 5.75. The summed E-state index contributed by atoms with van der Waals surface area (Å²) >= 11 is 9.24. The van der Waals surface area contributed by atoms with Crippen LogP contribution in [0.2, 0.25) is 5.02 Å². The van der Waals surface area contributed by atoms with Gasteiger partial charge in [-0.25, -0.2) is 15.0 Å². The Hall–Kier alpha value is -1.96. The summed E-state index contributed by atoms with van der Waals surface area (Å²) in [6.07, 6.45) is 3.34. The number of rotatable bonds is 3. The molecule has 0 saturated carbocycles.